The van der Waals surface area contributed by atoms with Crippen LogP contribution in [0.5, 0.6) is 0 Å². The molecule has 1 nitrogen and oxygen atoms in total. The number of hydrogen-bond donors (Lipinski definition) is 0. The third kappa shape index (κ3) is 1.32. The summed E-state index contributed by atoms with van der Waals surface area (Å²) >= 11 is 1.70. The van der Waals surface area contributed by atoms with Crippen molar-refractivity contribution in [2.45, 2.75) is 33.2 Å². The number of hydrogen-bond acceptors (Lipinski definition) is 2. The summed E-state index contributed by atoms with van der Waals surface area (Å²) in [4.78, 5) is 3.45. The van der Waals surface area contributed by atoms with Crippen LogP contribution in [-0.2, 0) is 0 Å². The van der Waals surface area contributed by atoms with E-state index >= 15 is 0 Å². The van der Waals surface area contributed by atoms with Crippen LogP contribution in [0.25, 0.3) is 0 Å². The van der Waals surface area contributed by atoms with E-state index in [0.717, 1.165) is 5.03 Å². The van der Waals surface area contributed by atoms with Crippen LogP contribution in [-0.4, -0.2) is 17.5 Å². The molecule has 2 heteroatoms. The van der Waals surface area contributed by atoms with Gasteiger partial charge < -0.3 is 4.90 Å². The summed E-state index contributed by atoms with van der Waals surface area (Å²) in [6, 6.07) is 0. The summed E-state index contributed by atoms with van der Waals surface area (Å²) in [5, 5.41) is 1.09. The molecule has 1 fully saturated rings. The molecule has 0 amide bonds. The SMILES string of the molecule is C=C1SC(=C)C(C)(C)C(C)(C)N1C. The van der Waals surface area contributed by atoms with Gasteiger partial charge in [0.15, 0.2) is 0 Å². The fraction of sp³-hybridized carbons (Fsp3) is 0.636. The molecule has 1 saturated heterocycles. The predicted octanol–water partition coefficient (Wildman–Crippen LogP) is 3.45. The molecule has 0 radical (unpaired) electrons. The third-order valence-corrected chi connectivity index (χ3v) is 4.95. The van der Waals surface area contributed by atoms with Crippen LogP contribution in [0, 0.1) is 5.41 Å². The van der Waals surface area contributed by atoms with Crippen LogP contribution < -0.4 is 0 Å². The van der Waals surface area contributed by atoms with Crippen molar-refractivity contribution in [2.75, 3.05) is 7.05 Å². The summed E-state index contributed by atoms with van der Waals surface area (Å²) in [5.41, 5.74) is 0.208. The Morgan fingerprint density at radius 1 is 1.15 bits per heavy atom. The summed E-state index contributed by atoms with van der Waals surface area (Å²) in [6.45, 7) is 17.1. The molecule has 1 rings (SSSR count). The average molecular weight is 197 g/mol. The number of thioether (sulfide) groups is 1. The lowest BCUT2D eigenvalue weighted by Gasteiger charge is -2.54. The topological polar surface area (TPSA) is 3.24 Å². The van der Waals surface area contributed by atoms with Gasteiger partial charge in [0.25, 0.3) is 0 Å². The number of nitrogens with zero attached hydrogens (tertiary/aromatic N) is 1. The summed E-state index contributed by atoms with van der Waals surface area (Å²) in [5.74, 6) is 0. The van der Waals surface area contributed by atoms with E-state index in [1.165, 1.54) is 4.91 Å². The minimum absolute atomic E-state index is 0.0897. The van der Waals surface area contributed by atoms with Gasteiger partial charge in [-0.1, -0.05) is 38.8 Å². The van der Waals surface area contributed by atoms with Gasteiger partial charge in [-0.2, -0.15) is 0 Å². The Labute approximate surface area is 85.9 Å². The quantitative estimate of drug-likeness (QED) is 0.585. The highest BCUT2D eigenvalue weighted by atomic mass is 32.2. The van der Waals surface area contributed by atoms with E-state index in [1.807, 2.05) is 0 Å². The van der Waals surface area contributed by atoms with Crippen molar-refractivity contribution in [1.82, 2.24) is 4.90 Å². The van der Waals surface area contributed by atoms with Crippen LogP contribution in [0.2, 0.25) is 0 Å². The van der Waals surface area contributed by atoms with Crippen LogP contribution in [0.3, 0.4) is 0 Å². The van der Waals surface area contributed by atoms with Crippen molar-refractivity contribution in [3.05, 3.63) is 23.1 Å². The average Bonchev–Trinajstić information content (AvgIpc) is 2.00. The molecule has 1 aliphatic rings. The second-order valence-corrected chi connectivity index (χ2v) is 5.83. The maximum absolute atomic E-state index is 4.12. The summed E-state index contributed by atoms with van der Waals surface area (Å²) in [7, 11) is 2.10. The van der Waals surface area contributed by atoms with Gasteiger partial charge in [-0.05, 0) is 18.8 Å². The highest BCUT2D eigenvalue weighted by Crippen LogP contribution is 2.53. The molecule has 0 aliphatic carbocycles. The fourth-order valence-electron chi connectivity index (χ4n) is 1.41. The Balaban J connectivity index is 3.15. The maximum atomic E-state index is 4.12. The Morgan fingerprint density at radius 2 is 1.62 bits per heavy atom. The van der Waals surface area contributed by atoms with E-state index < -0.39 is 0 Å². The molecule has 1 aliphatic heterocycles. The zero-order valence-electron chi connectivity index (χ0n) is 9.27. The predicted molar refractivity (Wildman–Crippen MR) is 61.5 cm³/mol. The first-order valence-corrected chi connectivity index (χ1v) is 5.33. The van der Waals surface area contributed by atoms with E-state index in [-0.39, 0.29) is 11.0 Å². The lowest BCUT2D eigenvalue weighted by atomic mass is 9.73. The van der Waals surface area contributed by atoms with Crippen molar-refractivity contribution in [3.63, 3.8) is 0 Å². The van der Waals surface area contributed by atoms with E-state index in [9.17, 15) is 0 Å². The van der Waals surface area contributed by atoms with Crippen molar-refractivity contribution >= 4 is 11.8 Å². The molecule has 1 heterocycles. The Morgan fingerprint density at radius 3 is 2.08 bits per heavy atom. The molecule has 0 N–H and O–H groups in total. The Hall–Kier alpha value is -0.370. The van der Waals surface area contributed by atoms with Gasteiger partial charge in [0.05, 0.1) is 5.03 Å². The van der Waals surface area contributed by atoms with Crippen LogP contribution >= 0.6 is 11.8 Å². The molecule has 0 unspecified atom stereocenters. The third-order valence-electron chi connectivity index (χ3n) is 3.68. The molecule has 74 valence electrons. The summed E-state index contributed by atoms with van der Waals surface area (Å²) in [6.07, 6.45) is 0. The minimum atomic E-state index is 0.0897. The number of rotatable bonds is 0. The van der Waals surface area contributed by atoms with Crippen LogP contribution in [0.1, 0.15) is 27.7 Å². The zero-order chi connectivity index (χ0) is 10.4. The van der Waals surface area contributed by atoms with Gasteiger partial charge in [0.1, 0.15) is 0 Å². The molecule has 13 heavy (non-hydrogen) atoms. The smallest absolute Gasteiger partial charge is 0.0681 e. The van der Waals surface area contributed by atoms with Gasteiger partial charge in [-0.25, -0.2) is 0 Å². The highest BCUT2D eigenvalue weighted by Gasteiger charge is 2.46. The van der Waals surface area contributed by atoms with E-state index in [1.54, 1.807) is 11.8 Å². The molecule has 0 aromatic heterocycles. The maximum Gasteiger partial charge on any atom is 0.0681 e. The standard InChI is InChI=1S/C11H19NS/c1-8-10(3,4)11(5,6)12(7)9(2)13-8/h1-2H2,3-7H3. The largest absolute Gasteiger partial charge is 0.364 e. The molecule has 0 atom stereocenters. The molecule has 0 aromatic carbocycles. The Kier molecular flexibility index (Phi) is 2.31. The van der Waals surface area contributed by atoms with Gasteiger partial charge in [-0.15, -0.1) is 0 Å². The normalized spacial score (nSPS) is 26.4. The first-order valence-electron chi connectivity index (χ1n) is 4.51. The zero-order valence-corrected chi connectivity index (χ0v) is 10.1. The molecule has 0 spiro atoms. The lowest BCUT2D eigenvalue weighted by Crippen LogP contribution is -2.54. The molecule has 0 aromatic rings. The molecule has 0 bridgehead atoms. The van der Waals surface area contributed by atoms with Crippen LogP contribution in [0.4, 0.5) is 0 Å². The minimum Gasteiger partial charge on any atom is -0.364 e. The first kappa shape index (κ1) is 10.7. The van der Waals surface area contributed by atoms with Crippen molar-refractivity contribution in [3.8, 4) is 0 Å². The lowest BCUT2D eigenvalue weighted by molar-refractivity contribution is 0.0930. The molecule has 0 saturated carbocycles. The monoisotopic (exact) mass is 197 g/mol. The van der Waals surface area contributed by atoms with Crippen LogP contribution in [0.15, 0.2) is 23.1 Å². The molecular formula is C11H19NS. The first-order chi connectivity index (χ1) is 5.71. The highest BCUT2D eigenvalue weighted by molar-refractivity contribution is 8.06. The van der Waals surface area contributed by atoms with Gasteiger partial charge in [0.2, 0.25) is 0 Å². The fourth-order valence-corrected chi connectivity index (χ4v) is 2.56. The second-order valence-electron chi connectivity index (χ2n) is 4.66. The Bertz CT molecular complexity index is 263. The van der Waals surface area contributed by atoms with E-state index in [4.69, 9.17) is 0 Å². The van der Waals surface area contributed by atoms with Crippen molar-refractivity contribution in [2.24, 2.45) is 5.41 Å². The van der Waals surface area contributed by atoms with Crippen molar-refractivity contribution in [1.29, 1.82) is 0 Å². The van der Waals surface area contributed by atoms with Gasteiger partial charge in [0, 0.05) is 18.0 Å². The van der Waals surface area contributed by atoms with E-state index in [0.29, 0.717) is 0 Å². The van der Waals surface area contributed by atoms with Crippen molar-refractivity contribution < 1.29 is 0 Å². The summed E-state index contributed by atoms with van der Waals surface area (Å²) < 4.78 is 0. The van der Waals surface area contributed by atoms with Gasteiger partial charge in [-0.3, -0.25) is 0 Å². The van der Waals surface area contributed by atoms with Gasteiger partial charge >= 0.3 is 0 Å². The van der Waals surface area contributed by atoms with E-state index in [2.05, 4.69) is 52.8 Å². The molecular weight excluding hydrogens is 178 g/mol. The second kappa shape index (κ2) is 2.81.